The summed E-state index contributed by atoms with van der Waals surface area (Å²) < 4.78 is 5.56. The third-order valence-electron chi connectivity index (χ3n) is 2.75. The second-order valence-corrected chi connectivity index (χ2v) is 4.00. The van der Waals surface area contributed by atoms with E-state index in [0.717, 1.165) is 25.7 Å². The fraction of sp³-hybridized carbons (Fsp3) is 1.00. The van der Waals surface area contributed by atoms with Crippen molar-refractivity contribution in [2.45, 2.75) is 50.7 Å². The first-order valence-corrected chi connectivity index (χ1v) is 5.24. The van der Waals surface area contributed by atoms with Crippen molar-refractivity contribution in [3.8, 4) is 0 Å². The summed E-state index contributed by atoms with van der Waals surface area (Å²) in [5.74, 6) is 0. The molecule has 78 valence electrons. The standard InChI is InChI=1S/C10H21NO2/c1-2-3-9-8-10(12,4-6-11)5-7-13-9/h9,12H,2-8,11H2,1H3. The quantitative estimate of drug-likeness (QED) is 0.691. The van der Waals surface area contributed by atoms with Crippen LogP contribution in [0.25, 0.3) is 0 Å². The van der Waals surface area contributed by atoms with Crippen molar-refractivity contribution >= 4 is 0 Å². The van der Waals surface area contributed by atoms with Gasteiger partial charge in [-0.05, 0) is 25.8 Å². The fourth-order valence-corrected chi connectivity index (χ4v) is 2.00. The first kappa shape index (κ1) is 11.0. The summed E-state index contributed by atoms with van der Waals surface area (Å²) in [6.45, 7) is 3.39. The van der Waals surface area contributed by atoms with Gasteiger partial charge < -0.3 is 15.6 Å². The normalized spacial score (nSPS) is 34.8. The number of nitrogens with two attached hydrogens (primary N) is 1. The van der Waals surface area contributed by atoms with Crippen LogP contribution in [-0.4, -0.2) is 30.0 Å². The van der Waals surface area contributed by atoms with Crippen LogP contribution < -0.4 is 5.73 Å². The molecule has 0 aromatic rings. The van der Waals surface area contributed by atoms with Crippen LogP contribution in [0.2, 0.25) is 0 Å². The van der Waals surface area contributed by atoms with Crippen LogP contribution >= 0.6 is 0 Å². The van der Waals surface area contributed by atoms with E-state index in [9.17, 15) is 5.11 Å². The van der Waals surface area contributed by atoms with Gasteiger partial charge in [0.1, 0.15) is 0 Å². The molecular formula is C10H21NO2. The van der Waals surface area contributed by atoms with Crippen LogP contribution in [-0.2, 0) is 4.74 Å². The lowest BCUT2D eigenvalue weighted by Gasteiger charge is -2.36. The highest BCUT2D eigenvalue weighted by atomic mass is 16.5. The van der Waals surface area contributed by atoms with Crippen molar-refractivity contribution in [2.24, 2.45) is 5.73 Å². The van der Waals surface area contributed by atoms with Crippen LogP contribution in [0, 0.1) is 0 Å². The molecule has 3 N–H and O–H groups in total. The average Bonchev–Trinajstić information content (AvgIpc) is 2.04. The van der Waals surface area contributed by atoms with Crippen LogP contribution in [0.3, 0.4) is 0 Å². The summed E-state index contributed by atoms with van der Waals surface area (Å²) in [5, 5.41) is 10.1. The van der Waals surface area contributed by atoms with Crippen molar-refractivity contribution in [3.05, 3.63) is 0 Å². The van der Waals surface area contributed by atoms with Gasteiger partial charge in [0, 0.05) is 13.0 Å². The van der Waals surface area contributed by atoms with Crippen LogP contribution in [0.5, 0.6) is 0 Å². The predicted molar refractivity (Wildman–Crippen MR) is 52.5 cm³/mol. The summed E-state index contributed by atoms with van der Waals surface area (Å²) in [7, 11) is 0. The molecule has 2 unspecified atom stereocenters. The summed E-state index contributed by atoms with van der Waals surface area (Å²) >= 11 is 0. The molecule has 0 aromatic carbocycles. The van der Waals surface area contributed by atoms with E-state index >= 15 is 0 Å². The minimum absolute atomic E-state index is 0.246. The fourth-order valence-electron chi connectivity index (χ4n) is 2.00. The number of aliphatic hydroxyl groups is 1. The Morgan fingerprint density at radius 1 is 1.62 bits per heavy atom. The van der Waals surface area contributed by atoms with Crippen LogP contribution in [0.4, 0.5) is 0 Å². The third kappa shape index (κ3) is 3.25. The Morgan fingerprint density at radius 3 is 3.00 bits per heavy atom. The maximum Gasteiger partial charge on any atom is 0.0706 e. The van der Waals surface area contributed by atoms with E-state index in [0.29, 0.717) is 19.6 Å². The summed E-state index contributed by atoms with van der Waals surface area (Å²) in [5.41, 5.74) is 4.91. The van der Waals surface area contributed by atoms with Crippen molar-refractivity contribution in [3.63, 3.8) is 0 Å². The largest absolute Gasteiger partial charge is 0.390 e. The van der Waals surface area contributed by atoms with Gasteiger partial charge in [-0.1, -0.05) is 13.3 Å². The Hall–Kier alpha value is -0.120. The zero-order chi connectivity index (χ0) is 9.73. The molecule has 1 fully saturated rings. The molecule has 0 amide bonds. The Kier molecular flexibility index (Phi) is 4.16. The molecule has 0 radical (unpaired) electrons. The summed E-state index contributed by atoms with van der Waals surface area (Å²) in [6, 6.07) is 0. The van der Waals surface area contributed by atoms with E-state index in [-0.39, 0.29) is 6.10 Å². The van der Waals surface area contributed by atoms with Gasteiger partial charge in [0.05, 0.1) is 11.7 Å². The molecular weight excluding hydrogens is 166 g/mol. The highest BCUT2D eigenvalue weighted by Crippen LogP contribution is 2.29. The molecule has 1 aliphatic heterocycles. The van der Waals surface area contributed by atoms with E-state index in [1.54, 1.807) is 0 Å². The zero-order valence-electron chi connectivity index (χ0n) is 8.46. The zero-order valence-corrected chi connectivity index (χ0v) is 8.46. The lowest BCUT2D eigenvalue weighted by atomic mass is 9.86. The van der Waals surface area contributed by atoms with Crippen molar-refractivity contribution in [2.75, 3.05) is 13.2 Å². The first-order chi connectivity index (χ1) is 6.20. The van der Waals surface area contributed by atoms with Gasteiger partial charge in [-0.15, -0.1) is 0 Å². The van der Waals surface area contributed by atoms with E-state index in [1.165, 1.54) is 0 Å². The van der Waals surface area contributed by atoms with E-state index in [2.05, 4.69) is 6.92 Å². The summed E-state index contributed by atoms with van der Waals surface area (Å²) in [4.78, 5) is 0. The smallest absolute Gasteiger partial charge is 0.0706 e. The van der Waals surface area contributed by atoms with Crippen molar-refractivity contribution in [1.29, 1.82) is 0 Å². The highest BCUT2D eigenvalue weighted by Gasteiger charge is 2.33. The van der Waals surface area contributed by atoms with Crippen molar-refractivity contribution in [1.82, 2.24) is 0 Å². The van der Waals surface area contributed by atoms with Gasteiger partial charge in [-0.2, -0.15) is 0 Å². The molecule has 0 aliphatic carbocycles. The lowest BCUT2D eigenvalue weighted by Crippen LogP contribution is -2.42. The Labute approximate surface area is 80.3 Å². The molecule has 1 aliphatic rings. The monoisotopic (exact) mass is 187 g/mol. The minimum atomic E-state index is -0.549. The molecule has 0 aromatic heterocycles. The lowest BCUT2D eigenvalue weighted by molar-refractivity contribution is -0.107. The van der Waals surface area contributed by atoms with Gasteiger partial charge in [-0.25, -0.2) is 0 Å². The average molecular weight is 187 g/mol. The Balaban J connectivity index is 2.39. The molecule has 13 heavy (non-hydrogen) atoms. The predicted octanol–water partition coefficient (Wildman–Crippen LogP) is 1.05. The Morgan fingerprint density at radius 2 is 2.38 bits per heavy atom. The van der Waals surface area contributed by atoms with Gasteiger partial charge in [0.2, 0.25) is 0 Å². The topological polar surface area (TPSA) is 55.5 Å². The number of hydrogen-bond donors (Lipinski definition) is 2. The molecule has 1 heterocycles. The number of rotatable bonds is 4. The molecule has 0 saturated carbocycles. The molecule has 3 nitrogen and oxygen atoms in total. The number of ether oxygens (including phenoxy) is 1. The Bertz CT molecular complexity index is 146. The first-order valence-electron chi connectivity index (χ1n) is 5.24. The van der Waals surface area contributed by atoms with Gasteiger partial charge >= 0.3 is 0 Å². The van der Waals surface area contributed by atoms with Crippen molar-refractivity contribution < 1.29 is 9.84 Å². The molecule has 0 bridgehead atoms. The number of hydrogen-bond acceptors (Lipinski definition) is 3. The summed E-state index contributed by atoms with van der Waals surface area (Å²) in [6.07, 6.45) is 4.62. The van der Waals surface area contributed by atoms with E-state index in [4.69, 9.17) is 10.5 Å². The van der Waals surface area contributed by atoms with Crippen LogP contribution in [0.15, 0.2) is 0 Å². The molecule has 2 atom stereocenters. The van der Waals surface area contributed by atoms with Crippen LogP contribution in [0.1, 0.15) is 39.0 Å². The molecule has 3 heteroatoms. The highest BCUT2D eigenvalue weighted by molar-refractivity contribution is 4.85. The molecule has 1 rings (SSSR count). The second-order valence-electron chi connectivity index (χ2n) is 4.00. The van der Waals surface area contributed by atoms with E-state index < -0.39 is 5.60 Å². The maximum absolute atomic E-state index is 10.1. The van der Waals surface area contributed by atoms with Gasteiger partial charge in [0.25, 0.3) is 0 Å². The van der Waals surface area contributed by atoms with Gasteiger partial charge in [-0.3, -0.25) is 0 Å². The van der Waals surface area contributed by atoms with Gasteiger partial charge in [0.15, 0.2) is 0 Å². The molecule has 0 spiro atoms. The SMILES string of the molecule is CCCC1CC(O)(CCN)CCO1. The minimum Gasteiger partial charge on any atom is -0.390 e. The third-order valence-corrected chi connectivity index (χ3v) is 2.75. The van der Waals surface area contributed by atoms with E-state index in [1.807, 2.05) is 0 Å². The maximum atomic E-state index is 10.1. The second kappa shape index (κ2) is 4.94. The molecule has 1 saturated heterocycles.